The van der Waals surface area contributed by atoms with Gasteiger partial charge in [0.25, 0.3) is 0 Å². The predicted octanol–water partition coefficient (Wildman–Crippen LogP) is 1.05. The minimum atomic E-state index is 0.0332. The quantitative estimate of drug-likeness (QED) is 0.644. The van der Waals surface area contributed by atoms with E-state index in [9.17, 15) is 0 Å². The normalized spacial score (nSPS) is 25.7. The molecule has 1 unspecified atom stereocenters. The van der Waals surface area contributed by atoms with E-state index in [4.69, 9.17) is 10.5 Å². The summed E-state index contributed by atoms with van der Waals surface area (Å²) in [5.74, 6) is 0.725. The zero-order valence-corrected chi connectivity index (χ0v) is 9.54. The molecule has 3 N–H and O–H groups in total. The summed E-state index contributed by atoms with van der Waals surface area (Å²) in [5.41, 5.74) is 5.98. The number of hydrogen-bond donors (Lipinski definition) is 2. The average molecular weight is 210 g/mol. The number of nitrogens with two attached hydrogens (primary N) is 1. The molecule has 0 spiro atoms. The lowest BCUT2D eigenvalue weighted by Crippen LogP contribution is -2.59. The Morgan fingerprint density at radius 3 is 2.53 bits per heavy atom. The van der Waals surface area contributed by atoms with Gasteiger partial charge < -0.3 is 15.8 Å². The monoisotopic (exact) mass is 210 g/mol. The standard InChI is InChI=1S/C12H22N2O/c1-15-9-12(8-13,10-6-7-10)14-11-4-2-3-5-11/h2-3,10-11,14H,4-9,13H2,1H3. The molecule has 1 atom stereocenters. The zero-order valence-electron chi connectivity index (χ0n) is 9.54. The van der Waals surface area contributed by atoms with Crippen LogP contribution in [0.25, 0.3) is 0 Å². The molecule has 86 valence electrons. The van der Waals surface area contributed by atoms with E-state index in [-0.39, 0.29) is 5.54 Å². The Hall–Kier alpha value is -0.380. The summed E-state index contributed by atoms with van der Waals surface area (Å²) in [5, 5.41) is 3.73. The molecule has 2 aliphatic carbocycles. The van der Waals surface area contributed by atoms with Crippen LogP contribution in [0.2, 0.25) is 0 Å². The molecule has 0 saturated heterocycles. The Morgan fingerprint density at radius 2 is 2.07 bits per heavy atom. The van der Waals surface area contributed by atoms with Gasteiger partial charge in [0.05, 0.1) is 12.1 Å². The maximum absolute atomic E-state index is 5.95. The van der Waals surface area contributed by atoms with E-state index >= 15 is 0 Å². The molecular formula is C12H22N2O. The molecule has 3 nitrogen and oxygen atoms in total. The first-order valence-corrected chi connectivity index (χ1v) is 5.92. The number of hydrogen-bond acceptors (Lipinski definition) is 3. The Kier molecular flexibility index (Phi) is 3.44. The third-order valence-corrected chi connectivity index (χ3v) is 3.62. The molecule has 1 saturated carbocycles. The first-order chi connectivity index (χ1) is 7.30. The maximum Gasteiger partial charge on any atom is 0.0659 e. The summed E-state index contributed by atoms with van der Waals surface area (Å²) in [7, 11) is 1.77. The highest BCUT2D eigenvalue weighted by Gasteiger charge is 2.45. The number of methoxy groups -OCH3 is 1. The molecule has 3 heteroatoms. The van der Waals surface area contributed by atoms with Crippen LogP contribution in [0.3, 0.4) is 0 Å². The summed E-state index contributed by atoms with van der Waals surface area (Å²) in [6.07, 6.45) is 9.37. The second-order valence-corrected chi connectivity index (χ2v) is 4.85. The first kappa shape index (κ1) is 11.1. The first-order valence-electron chi connectivity index (χ1n) is 5.92. The smallest absolute Gasteiger partial charge is 0.0659 e. The van der Waals surface area contributed by atoms with Gasteiger partial charge in [-0.2, -0.15) is 0 Å². The molecule has 15 heavy (non-hydrogen) atoms. The minimum Gasteiger partial charge on any atom is -0.383 e. The van der Waals surface area contributed by atoms with Gasteiger partial charge in [0.2, 0.25) is 0 Å². The van der Waals surface area contributed by atoms with Crippen LogP contribution in [-0.4, -0.2) is 31.8 Å². The Labute approximate surface area is 92.1 Å². The van der Waals surface area contributed by atoms with Crippen molar-refractivity contribution in [1.82, 2.24) is 5.32 Å². The van der Waals surface area contributed by atoms with E-state index in [1.54, 1.807) is 7.11 Å². The summed E-state index contributed by atoms with van der Waals surface area (Å²) in [4.78, 5) is 0. The third kappa shape index (κ3) is 2.41. The van der Waals surface area contributed by atoms with Crippen molar-refractivity contribution < 1.29 is 4.74 Å². The van der Waals surface area contributed by atoms with Crippen LogP contribution in [0.1, 0.15) is 25.7 Å². The van der Waals surface area contributed by atoms with E-state index in [0.29, 0.717) is 12.6 Å². The van der Waals surface area contributed by atoms with Crippen molar-refractivity contribution in [3.8, 4) is 0 Å². The Balaban J connectivity index is 1.96. The van der Waals surface area contributed by atoms with Crippen molar-refractivity contribution in [1.29, 1.82) is 0 Å². The predicted molar refractivity (Wildman–Crippen MR) is 61.7 cm³/mol. The van der Waals surface area contributed by atoms with E-state index in [1.165, 1.54) is 12.8 Å². The molecule has 0 radical (unpaired) electrons. The van der Waals surface area contributed by atoms with Crippen LogP contribution in [0.15, 0.2) is 12.2 Å². The van der Waals surface area contributed by atoms with Crippen molar-refractivity contribution in [3.05, 3.63) is 12.2 Å². The van der Waals surface area contributed by atoms with E-state index < -0.39 is 0 Å². The van der Waals surface area contributed by atoms with Gasteiger partial charge in [-0.15, -0.1) is 0 Å². The average Bonchev–Trinajstić information content (AvgIpc) is 2.98. The Bertz CT molecular complexity index is 230. The van der Waals surface area contributed by atoms with E-state index in [0.717, 1.165) is 25.4 Å². The molecule has 0 amide bonds. The zero-order chi connectivity index (χ0) is 10.7. The van der Waals surface area contributed by atoms with Crippen molar-refractivity contribution in [2.45, 2.75) is 37.3 Å². The molecule has 1 fully saturated rings. The molecule has 2 rings (SSSR count). The Morgan fingerprint density at radius 1 is 1.40 bits per heavy atom. The van der Waals surface area contributed by atoms with E-state index in [2.05, 4.69) is 17.5 Å². The second kappa shape index (κ2) is 4.64. The molecule has 0 aliphatic heterocycles. The van der Waals surface area contributed by atoms with Crippen molar-refractivity contribution in [2.24, 2.45) is 11.7 Å². The van der Waals surface area contributed by atoms with Crippen LogP contribution in [0.4, 0.5) is 0 Å². The van der Waals surface area contributed by atoms with Crippen LogP contribution in [-0.2, 0) is 4.74 Å². The summed E-state index contributed by atoms with van der Waals surface area (Å²) >= 11 is 0. The molecular weight excluding hydrogens is 188 g/mol. The molecule has 2 aliphatic rings. The molecule has 0 aromatic rings. The van der Waals surface area contributed by atoms with Gasteiger partial charge in [-0.1, -0.05) is 12.2 Å². The van der Waals surface area contributed by atoms with Gasteiger partial charge in [0, 0.05) is 19.7 Å². The van der Waals surface area contributed by atoms with Gasteiger partial charge >= 0.3 is 0 Å². The van der Waals surface area contributed by atoms with Crippen LogP contribution in [0.5, 0.6) is 0 Å². The van der Waals surface area contributed by atoms with Gasteiger partial charge in [-0.3, -0.25) is 0 Å². The lowest BCUT2D eigenvalue weighted by Gasteiger charge is -2.36. The van der Waals surface area contributed by atoms with Gasteiger partial charge in [0.15, 0.2) is 0 Å². The minimum absolute atomic E-state index is 0.0332. The fraction of sp³-hybridized carbons (Fsp3) is 0.833. The van der Waals surface area contributed by atoms with Gasteiger partial charge in [-0.25, -0.2) is 0 Å². The van der Waals surface area contributed by atoms with Gasteiger partial charge in [0.1, 0.15) is 0 Å². The second-order valence-electron chi connectivity index (χ2n) is 4.85. The van der Waals surface area contributed by atoms with Gasteiger partial charge in [-0.05, 0) is 31.6 Å². The fourth-order valence-electron chi connectivity index (χ4n) is 2.60. The lowest BCUT2D eigenvalue weighted by molar-refractivity contribution is 0.0906. The molecule has 0 aromatic carbocycles. The summed E-state index contributed by atoms with van der Waals surface area (Å²) < 4.78 is 5.35. The topological polar surface area (TPSA) is 47.3 Å². The fourth-order valence-corrected chi connectivity index (χ4v) is 2.60. The SMILES string of the molecule is COCC(CN)(NC1CC=CC1)C1CC1. The summed E-state index contributed by atoms with van der Waals surface area (Å²) in [6, 6.07) is 0.573. The number of nitrogens with one attached hydrogen (secondary N) is 1. The lowest BCUT2D eigenvalue weighted by atomic mass is 9.92. The number of ether oxygens (including phenoxy) is 1. The van der Waals surface area contributed by atoms with Crippen molar-refractivity contribution in [2.75, 3.05) is 20.3 Å². The highest BCUT2D eigenvalue weighted by molar-refractivity contribution is 5.07. The van der Waals surface area contributed by atoms with Crippen molar-refractivity contribution in [3.63, 3.8) is 0 Å². The highest BCUT2D eigenvalue weighted by atomic mass is 16.5. The maximum atomic E-state index is 5.95. The van der Waals surface area contributed by atoms with E-state index in [1.807, 2.05) is 0 Å². The largest absolute Gasteiger partial charge is 0.383 e. The van der Waals surface area contributed by atoms with Crippen molar-refractivity contribution >= 4 is 0 Å². The van der Waals surface area contributed by atoms with Crippen LogP contribution >= 0.6 is 0 Å². The highest BCUT2D eigenvalue weighted by Crippen LogP contribution is 2.40. The molecule has 0 bridgehead atoms. The molecule has 0 heterocycles. The molecule has 0 aromatic heterocycles. The summed E-state index contributed by atoms with van der Waals surface area (Å²) in [6.45, 7) is 1.42. The number of rotatable bonds is 6. The van der Waals surface area contributed by atoms with Crippen LogP contribution < -0.4 is 11.1 Å². The van der Waals surface area contributed by atoms with Crippen LogP contribution in [0, 0.1) is 5.92 Å². The third-order valence-electron chi connectivity index (χ3n) is 3.62.